The molecule has 0 unspecified atom stereocenters. The molecule has 0 atom stereocenters. The summed E-state index contributed by atoms with van der Waals surface area (Å²) in [7, 11) is 0. The molecule has 0 aliphatic rings. The van der Waals surface area contributed by atoms with E-state index in [1.54, 1.807) is 43.3 Å². The highest BCUT2D eigenvalue weighted by Crippen LogP contribution is 2.42. The first-order valence-corrected chi connectivity index (χ1v) is 15.1. The van der Waals surface area contributed by atoms with E-state index in [9.17, 15) is 35.1 Å². The molecule has 0 bridgehead atoms. The zero-order chi connectivity index (χ0) is 35.5. The van der Waals surface area contributed by atoms with E-state index in [1.165, 1.54) is 6.21 Å². The van der Waals surface area contributed by atoms with Gasteiger partial charge in [0.2, 0.25) is 0 Å². The lowest BCUT2D eigenvalue weighted by molar-refractivity contribution is 0.583. The van der Waals surface area contributed by atoms with E-state index in [2.05, 4.69) is 4.99 Å². The number of hydrogen-bond donors (Lipinski definition) is 0. The quantitative estimate of drug-likeness (QED) is 0.113. The van der Waals surface area contributed by atoms with Crippen LogP contribution in [0.4, 0.5) is 46.5 Å². The Kier molecular flexibility index (Phi) is 9.72. The first kappa shape index (κ1) is 34.0. The number of nitrogens with zero attached hydrogens (tertiary/aromatic N) is 2. The molecule has 250 valence electrons. The van der Waals surface area contributed by atoms with Crippen molar-refractivity contribution in [3.05, 3.63) is 156 Å². The molecule has 10 heteroatoms. The minimum atomic E-state index is -0.842. The largest absolute Gasteiger partial charge is 0.260 e. The number of benzene rings is 6. The van der Waals surface area contributed by atoms with Crippen LogP contribution in [-0.2, 0) is 0 Å². The van der Waals surface area contributed by atoms with Crippen LogP contribution in [0, 0.1) is 46.5 Å². The summed E-state index contributed by atoms with van der Waals surface area (Å²) in [5.41, 5.74) is 2.31. The van der Waals surface area contributed by atoms with Crippen molar-refractivity contribution >= 4 is 23.3 Å². The van der Waals surface area contributed by atoms with E-state index in [0.29, 0.717) is 30.0 Å². The molecular weight excluding hydrogens is 660 g/mol. The molecular formula is C40H24F8N2. The van der Waals surface area contributed by atoms with Gasteiger partial charge in [-0.3, -0.25) is 9.98 Å². The zero-order valence-electron chi connectivity index (χ0n) is 26.1. The Morgan fingerprint density at radius 2 is 0.720 bits per heavy atom. The molecule has 0 saturated heterocycles. The maximum Gasteiger partial charge on any atom is 0.126 e. The highest BCUT2D eigenvalue weighted by molar-refractivity contribution is 6.00. The SMILES string of the molecule is CC(CC=Nc1c(-c2cc(F)cc(F)c2)cccc1-c1cc(F)cc(F)c1)=Nc1c(-c2cc(F)cc(F)c2)cccc1-c1cc(F)cc(F)c1. The second-order valence-electron chi connectivity index (χ2n) is 11.4. The van der Waals surface area contributed by atoms with Crippen molar-refractivity contribution in [1.82, 2.24) is 0 Å². The summed E-state index contributed by atoms with van der Waals surface area (Å²) < 4.78 is 114. The highest BCUT2D eigenvalue weighted by Gasteiger charge is 2.17. The molecule has 0 aromatic heterocycles. The molecule has 0 spiro atoms. The zero-order valence-corrected chi connectivity index (χ0v) is 26.1. The smallest absolute Gasteiger partial charge is 0.126 e. The maximum absolute atomic E-state index is 14.3. The second kappa shape index (κ2) is 14.3. The average Bonchev–Trinajstić information content (AvgIpc) is 3.03. The standard InChI is InChI=1S/C40H24F8N2/c1-22(50-40-37(25-14-31(45)20-32(46)15-25)6-3-7-38(40)26-16-33(47)21-34(48)17-26)8-9-49-39-35(23-10-27(41)18-28(42)11-23)4-2-5-36(39)24-12-29(43)19-30(44)13-24/h2-7,9-21H,8H2,1H3. The molecule has 50 heavy (non-hydrogen) atoms. The molecule has 0 radical (unpaired) electrons. The van der Waals surface area contributed by atoms with Gasteiger partial charge in [0.15, 0.2) is 0 Å². The Morgan fingerprint density at radius 1 is 0.440 bits per heavy atom. The van der Waals surface area contributed by atoms with Gasteiger partial charge in [-0.15, -0.1) is 0 Å². The summed E-state index contributed by atoms with van der Waals surface area (Å²) in [5, 5.41) is 0. The van der Waals surface area contributed by atoms with E-state index < -0.39 is 46.5 Å². The number of rotatable bonds is 8. The lowest BCUT2D eigenvalue weighted by Crippen LogP contribution is -1.95. The molecule has 6 aromatic rings. The number of aliphatic imine (C=N–C) groups is 2. The van der Waals surface area contributed by atoms with Crippen LogP contribution in [0.15, 0.2) is 119 Å². The molecule has 0 fully saturated rings. The topological polar surface area (TPSA) is 24.7 Å². The number of halogens is 8. The maximum atomic E-state index is 14.3. The van der Waals surface area contributed by atoms with Gasteiger partial charge < -0.3 is 0 Å². The van der Waals surface area contributed by atoms with Crippen molar-refractivity contribution in [3.8, 4) is 44.5 Å². The molecule has 0 aliphatic heterocycles. The summed E-state index contributed by atoms with van der Waals surface area (Å²) in [6.45, 7) is 1.63. The fourth-order valence-corrected chi connectivity index (χ4v) is 5.62. The van der Waals surface area contributed by atoms with Crippen molar-refractivity contribution in [2.24, 2.45) is 9.98 Å². The molecule has 0 heterocycles. The third-order valence-electron chi connectivity index (χ3n) is 7.68. The van der Waals surface area contributed by atoms with Gasteiger partial charge in [0.05, 0.1) is 11.4 Å². The normalized spacial score (nSPS) is 11.8. The molecule has 0 saturated carbocycles. The van der Waals surface area contributed by atoms with Gasteiger partial charge in [-0.25, -0.2) is 35.1 Å². The van der Waals surface area contributed by atoms with Crippen molar-refractivity contribution in [3.63, 3.8) is 0 Å². The fourth-order valence-electron chi connectivity index (χ4n) is 5.62. The van der Waals surface area contributed by atoms with Crippen LogP contribution in [0.1, 0.15) is 13.3 Å². The van der Waals surface area contributed by atoms with Crippen LogP contribution in [0.3, 0.4) is 0 Å². The van der Waals surface area contributed by atoms with Crippen molar-refractivity contribution in [1.29, 1.82) is 0 Å². The Hall–Kier alpha value is -5.90. The van der Waals surface area contributed by atoms with Gasteiger partial charge in [0.1, 0.15) is 46.5 Å². The van der Waals surface area contributed by atoms with Gasteiger partial charge in [0, 0.05) is 64.9 Å². The molecule has 0 amide bonds. The summed E-state index contributed by atoms with van der Waals surface area (Å²) in [6, 6.07) is 21.0. The predicted molar refractivity (Wildman–Crippen MR) is 180 cm³/mol. The van der Waals surface area contributed by atoms with Crippen molar-refractivity contribution < 1.29 is 35.1 Å². The average molecular weight is 685 g/mol. The monoisotopic (exact) mass is 684 g/mol. The number of para-hydroxylation sites is 2. The number of hydrogen-bond acceptors (Lipinski definition) is 2. The minimum Gasteiger partial charge on any atom is -0.260 e. The first-order chi connectivity index (χ1) is 23.9. The molecule has 2 nitrogen and oxygen atoms in total. The summed E-state index contributed by atoms with van der Waals surface area (Å²) in [6.07, 6.45) is 1.46. The van der Waals surface area contributed by atoms with E-state index in [1.807, 2.05) is 0 Å². The van der Waals surface area contributed by atoms with Crippen LogP contribution in [0.2, 0.25) is 0 Å². The third-order valence-corrected chi connectivity index (χ3v) is 7.68. The molecule has 0 aliphatic carbocycles. The minimum absolute atomic E-state index is 0.0333. The van der Waals surface area contributed by atoms with Crippen LogP contribution in [0.25, 0.3) is 44.5 Å². The lowest BCUT2D eigenvalue weighted by Gasteiger charge is -2.14. The predicted octanol–water partition coefficient (Wildman–Crippen LogP) is 12.4. The highest BCUT2D eigenvalue weighted by atomic mass is 19.2. The van der Waals surface area contributed by atoms with Crippen LogP contribution >= 0.6 is 0 Å². The summed E-state index contributed by atoms with van der Waals surface area (Å²) >= 11 is 0. The Morgan fingerprint density at radius 3 is 1.02 bits per heavy atom. The van der Waals surface area contributed by atoms with E-state index >= 15 is 0 Å². The van der Waals surface area contributed by atoms with E-state index in [4.69, 9.17) is 4.99 Å². The van der Waals surface area contributed by atoms with Gasteiger partial charge in [-0.05, 0) is 77.7 Å². The Bertz CT molecular complexity index is 2090. The van der Waals surface area contributed by atoms with E-state index in [0.717, 1.165) is 48.5 Å². The summed E-state index contributed by atoms with van der Waals surface area (Å²) in [5.74, 6) is -6.73. The third kappa shape index (κ3) is 7.70. The molecule has 6 aromatic carbocycles. The van der Waals surface area contributed by atoms with Crippen LogP contribution < -0.4 is 0 Å². The summed E-state index contributed by atoms with van der Waals surface area (Å²) in [4.78, 5) is 9.28. The van der Waals surface area contributed by atoms with Gasteiger partial charge in [-0.1, -0.05) is 36.4 Å². The van der Waals surface area contributed by atoms with Gasteiger partial charge >= 0.3 is 0 Å². The molecule has 6 rings (SSSR count). The second-order valence-corrected chi connectivity index (χ2v) is 11.4. The van der Waals surface area contributed by atoms with Gasteiger partial charge in [-0.2, -0.15) is 0 Å². The fraction of sp³-hybridized carbons (Fsp3) is 0.0500. The van der Waals surface area contributed by atoms with Crippen molar-refractivity contribution in [2.45, 2.75) is 13.3 Å². The van der Waals surface area contributed by atoms with Crippen LogP contribution in [0.5, 0.6) is 0 Å². The Labute approximate surface area is 281 Å². The molecule has 0 N–H and O–H groups in total. The lowest BCUT2D eigenvalue weighted by atomic mass is 9.95. The Balaban J connectivity index is 1.46. The van der Waals surface area contributed by atoms with Crippen molar-refractivity contribution in [2.75, 3.05) is 0 Å². The van der Waals surface area contributed by atoms with Gasteiger partial charge in [0.25, 0.3) is 0 Å². The van der Waals surface area contributed by atoms with Crippen LogP contribution in [-0.4, -0.2) is 11.9 Å². The first-order valence-electron chi connectivity index (χ1n) is 15.1. The van der Waals surface area contributed by atoms with E-state index in [-0.39, 0.29) is 62.3 Å².